The van der Waals surface area contributed by atoms with Crippen molar-refractivity contribution in [2.45, 2.75) is 37.1 Å². The van der Waals surface area contributed by atoms with E-state index in [1.807, 2.05) is 30.5 Å². The Hall–Kier alpha value is -2.20. The molecule has 1 fully saturated rings. The molecule has 1 saturated heterocycles. The van der Waals surface area contributed by atoms with Crippen molar-refractivity contribution in [3.8, 4) is 5.75 Å². The third-order valence-corrected chi connectivity index (χ3v) is 5.31. The highest BCUT2D eigenvalue weighted by atomic mass is 16.7. The molecular formula is C22H30N2O6. The first-order valence-electron chi connectivity index (χ1n) is 9.99. The second-order valence-electron chi connectivity index (χ2n) is 7.42. The van der Waals surface area contributed by atoms with Gasteiger partial charge in [-0.05, 0) is 30.2 Å². The standard InChI is InChI=1S/C22H30N2O6/c1-3-8-24(9-4-2)10-7-14-12-23-17-6-5-15(11-16(14)17)29-22-21(28)20(27)19(26)18(13-25)30-22/h3-6,11-12,18-23,25-28H,1-2,7-10,13H2. The number of aliphatic hydroxyl groups excluding tert-OH is 4. The summed E-state index contributed by atoms with van der Waals surface area (Å²) in [6, 6.07) is 5.43. The van der Waals surface area contributed by atoms with E-state index in [4.69, 9.17) is 9.47 Å². The van der Waals surface area contributed by atoms with Gasteiger partial charge in [0.15, 0.2) is 0 Å². The summed E-state index contributed by atoms with van der Waals surface area (Å²) in [5, 5.41) is 40.3. The largest absolute Gasteiger partial charge is 0.462 e. The topological polar surface area (TPSA) is 118 Å². The second-order valence-corrected chi connectivity index (χ2v) is 7.42. The zero-order chi connectivity index (χ0) is 21.7. The first-order chi connectivity index (χ1) is 14.5. The van der Waals surface area contributed by atoms with E-state index in [9.17, 15) is 20.4 Å². The van der Waals surface area contributed by atoms with Crippen LogP contribution in [0.4, 0.5) is 0 Å². The van der Waals surface area contributed by atoms with Gasteiger partial charge in [0, 0.05) is 36.7 Å². The molecule has 0 bridgehead atoms. The molecule has 8 nitrogen and oxygen atoms in total. The number of H-pyrrole nitrogens is 1. The van der Waals surface area contributed by atoms with Crippen LogP contribution in [0.1, 0.15) is 5.56 Å². The van der Waals surface area contributed by atoms with Crippen LogP contribution in [0.25, 0.3) is 10.9 Å². The van der Waals surface area contributed by atoms with Crippen molar-refractivity contribution in [1.29, 1.82) is 0 Å². The molecule has 1 aromatic carbocycles. The summed E-state index contributed by atoms with van der Waals surface area (Å²) in [7, 11) is 0. The number of rotatable bonds is 10. The fourth-order valence-corrected chi connectivity index (χ4v) is 3.64. The number of aromatic nitrogens is 1. The number of hydrogen-bond acceptors (Lipinski definition) is 7. The predicted octanol–water partition coefficient (Wildman–Crippen LogP) is 0.563. The first-order valence-corrected chi connectivity index (χ1v) is 9.99. The molecule has 0 aliphatic carbocycles. The minimum absolute atomic E-state index is 0.446. The molecular weight excluding hydrogens is 388 g/mol. The van der Waals surface area contributed by atoms with Crippen molar-refractivity contribution in [2.75, 3.05) is 26.2 Å². The molecule has 164 valence electrons. The highest BCUT2D eigenvalue weighted by molar-refractivity contribution is 5.84. The lowest BCUT2D eigenvalue weighted by Crippen LogP contribution is -2.60. The van der Waals surface area contributed by atoms with Gasteiger partial charge in [-0.15, -0.1) is 13.2 Å². The van der Waals surface area contributed by atoms with E-state index >= 15 is 0 Å². The zero-order valence-corrected chi connectivity index (χ0v) is 16.9. The molecule has 1 aliphatic rings. The average Bonchev–Trinajstić information content (AvgIpc) is 3.15. The fourth-order valence-electron chi connectivity index (χ4n) is 3.64. The number of aromatic amines is 1. The van der Waals surface area contributed by atoms with E-state index in [0.29, 0.717) is 5.75 Å². The van der Waals surface area contributed by atoms with E-state index < -0.39 is 37.3 Å². The van der Waals surface area contributed by atoms with Gasteiger partial charge in [-0.2, -0.15) is 0 Å². The Labute approximate surface area is 175 Å². The van der Waals surface area contributed by atoms with Crippen LogP contribution in [0.15, 0.2) is 49.7 Å². The molecule has 0 amide bonds. The molecule has 2 heterocycles. The molecule has 8 heteroatoms. The lowest BCUT2D eigenvalue weighted by atomic mass is 9.99. The highest BCUT2D eigenvalue weighted by Crippen LogP contribution is 2.28. The summed E-state index contributed by atoms with van der Waals surface area (Å²) in [4.78, 5) is 5.47. The van der Waals surface area contributed by atoms with Crippen LogP contribution >= 0.6 is 0 Å². The Morgan fingerprint density at radius 2 is 1.83 bits per heavy atom. The Kier molecular flexibility index (Phi) is 7.65. The number of aliphatic hydroxyl groups is 4. The lowest BCUT2D eigenvalue weighted by molar-refractivity contribution is -0.277. The average molecular weight is 418 g/mol. The van der Waals surface area contributed by atoms with Crippen LogP contribution in [0.3, 0.4) is 0 Å². The van der Waals surface area contributed by atoms with E-state index in [0.717, 1.165) is 42.5 Å². The Balaban J connectivity index is 1.74. The molecule has 0 radical (unpaired) electrons. The Bertz CT molecular complexity index is 841. The normalized spacial score (nSPS) is 26.8. The van der Waals surface area contributed by atoms with Gasteiger partial charge in [-0.3, -0.25) is 4.90 Å². The summed E-state index contributed by atoms with van der Waals surface area (Å²) in [5.74, 6) is 0.446. The number of nitrogens with one attached hydrogen (secondary N) is 1. The summed E-state index contributed by atoms with van der Waals surface area (Å²) < 4.78 is 11.2. The minimum atomic E-state index is -1.48. The van der Waals surface area contributed by atoms with Crippen LogP contribution in [0.5, 0.6) is 5.75 Å². The van der Waals surface area contributed by atoms with Gasteiger partial charge < -0.3 is 34.9 Å². The molecule has 5 atom stereocenters. The van der Waals surface area contributed by atoms with Crippen molar-refractivity contribution in [3.63, 3.8) is 0 Å². The van der Waals surface area contributed by atoms with Gasteiger partial charge in [0.05, 0.1) is 6.61 Å². The van der Waals surface area contributed by atoms with Gasteiger partial charge in [0.25, 0.3) is 0 Å². The Morgan fingerprint density at radius 3 is 2.50 bits per heavy atom. The van der Waals surface area contributed by atoms with Crippen molar-refractivity contribution in [3.05, 3.63) is 55.3 Å². The fraction of sp³-hybridized carbons (Fsp3) is 0.455. The smallest absolute Gasteiger partial charge is 0.229 e. The molecule has 5 N–H and O–H groups in total. The van der Waals surface area contributed by atoms with Crippen LogP contribution in [0.2, 0.25) is 0 Å². The molecule has 5 unspecified atom stereocenters. The zero-order valence-electron chi connectivity index (χ0n) is 16.9. The summed E-state index contributed by atoms with van der Waals surface area (Å²) in [6.07, 6.45) is -0.0674. The van der Waals surface area contributed by atoms with E-state index in [-0.39, 0.29) is 0 Å². The molecule has 1 aliphatic heterocycles. The number of ether oxygens (including phenoxy) is 2. The van der Waals surface area contributed by atoms with Crippen LogP contribution in [-0.2, 0) is 11.2 Å². The maximum Gasteiger partial charge on any atom is 0.229 e. The first kappa shape index (κ1) is 22.5. The van der Waals surface area contributed by atoms with Crippen molar-refractivity contribution < 1.29 is 29.9 Å². The quantitative estimate of drug-likeness (QED) is 0.358. The molecule has 2 aromatic rings. The second kappa shape index (κ2) is 10.2. The van der Waals surface area contributed by atoms with Crippen molar-refractivity contribution in [1.82, 2.24) is 9.88 Å². The van der Waals surface area contributed by atoms with Crippen LogP contribution < -0.4 is 4.74 Å². The van der Waals surface area contributed by atoms with Gasteiger partial charge in [0.1, 0.15) is 30.2 Å². The van der Waals surface area contributed by atoms with E-state index in [2.05, 4.69) is 23.0 Å². The molecule has 3 rings (SSSR count). The number of nitrogens with zero attached hydrogens (tertiary/aromatic N) is 1. The van der Waals surface area contributed by atoms with E-state index in [1.54, 1.807) is 6.07 Å². The number of fused-ring (bicyclic) bond motifs is 1. The number of benzene rings is 1. The summed E-state index contributed by atoms with van der Waals surface area (Å²) >= 11 is 0. The molecule has 0 spiro atoms. The molecule has 30 heavy (non-hydrogen) atoms. The van der Waals surface area contributed by atoms with Gasteiger partial charge in [0.2, 0.25) is 6.29 Å². The van der Waals surface area contributed by atoms with Gasteiger partial charge in [-0.1, -0.05) is 12.2 Å². The summed E-state index contributed by atoms with van der Waals surface area (Å²) in [6.45, 7) is 9.47. The number of hydrogen-bond donors (Lipinski definition) is 5. The summed E-state index contributed by atoms with van der Waals surface area (Å²) in [5.41, 5.74) is 2.06. The molecule has 1 aromatic heterocycles. The van der Waals surface area contributed by atoms with Crippen LogP contribution in [0, 0.1) is 0 Å². The van der Waals surface area contributed by atoms with Gasteiger partial charge in [-0.25, -0.2) is 0 Å². The molecule has 0 saturated carbocycles. The van der Waals surface area contributed by atoms with E-state index in [1.165, 1.54) is 0 Å². The minimum Gasteiger partial charge on any atom is -0.462 e. The van der Waals surface area contributed by atoms with Crippen LogP contribution in [-0.4, -0.2) is 87.3 Å². The maximum absolute atomic E-state index is 10.2. The Morgan fingerprint density at radius 1 is 1.10 bits per heavy atom. The third kappa shape index (κ3) is 4.92. The lowest BCUT2D eigenvalue weighted by Gasteiger charge is -2.39. The third-order valence-electron chi connectivity index (χ3n) is 5.31. The SMILES string of the molecule is C=CCN(CC=C)CCc1c[nH]c2ccc(OC3OC(CO)C(O)C(O)C3O)cc12. The van der Waals surface area contributed by atoms with Gasteiger partial charge >= 0.3 is 0 Å². The predicted molar refractivity (Wildman–Crippen MR) is 113 cm³/mol. The maximum atomic E-state index is 10.2. The highest BCUT2D eigenvalue weighted by Gasteiger charge is 2.44. The van der Waals surface area contributed by atoms with Crippen molar-refractivity contribution >= 4 is 10.9 Å². The monoisotopic (exact) mass is 418 g/mol. The van der Waals surface area contributed by atoms with Crippen molar-refractivity contribution in [2.24, 2.45) is 0 Å².